The molecule has 0 radical (unpaired) electrons. The van der Waals surface area contributed by atoms with Crippen LogP contribution in [0.3, 0.4) is 0 Å². The summed E-state index contributed by atoms with van der Waals surface area (Å²) >= 11 is 0. The minimum atomic E-state index is -0.719. The molecule has 0 spiro atoms. The summed E-state index contributed by atoms with van der Waals surface area (Å²) in [5, 5.41) is 1.44. The van der Waals surface area contributed by atoms with Crippen molar-refractivity contribution in [3.8, 4) is 5.75 Å². The molecule has 29 heavy (non-hydrogen) atoms. The third-order valence-corrected chi connectivity index (χ3v) is 4.86. The van der Waals surface area contributed by atoms with Gasteiger partial charge in [-0.3, -0.25) is 14.6 Å². The van der Waals surface area contributed by atoms with Gasteiger partial charge >= 0.3 is 5.97 Å². The Hall–Kier alpha value is -2.90. The third-order valence-electron chi connectivity index (χ3n) is 4.86. The maximum atomic E-state index is 12.7. The van der Waals surface area contributed by atoms with E-state index in [1.807, 2.05) is 54.6 Å². The van der Waals surface area contributed by atoms with Crippen LogP contribution in [0, 0.1) is 0 Å². The third kappa shape index (κ3) is 5.79. The van der Waals surface area contributed by atoms with Gasteiger partial charge in [-0.1, -0.05) is 42.5 Å². The van der Waals surface area contributed by atoms with Crippen molar-refractivity contribution < 1.29 is 19.1 Å². The Morgan fingerprint density at radius 3 is 2.69 bits per heavy atom. The van der Waals surface area contributed by atoms with Crippen LogP contribution in [0.5, 0.6) is 5.75 Å². The lowest BCUT2D eigenvalue weighted by atomic mass is 10.0. The minimum Gasteiger partial charge on any atom is -0.489 e. The van der Waals surface area contributed by atoms with E-state index in [1.54, 1.807) is 0 Å². The highest BCUT2D eigenvalue weighted by atomic mass is 16.5. The molecule has 1 amide bonds. The summed E-state index contributed by atoms with van der Waals surface area (Å²) in [5.74, 6) is 0.112. The van der Waals surface area contributed by atoms with Gasteiger partial charge in [-0.15, -0.1) is 0 Å². The molecular formula is C22H27N3O4. The zero-order valence-electron chi connectivity index (χ0n) is 16.5. The Morgan fingerprint density at radius 2 is 1.93 bits per heavy atom. The van der Waals surface area contributed by atoms with Gasteiger partial charge in [0, 0.05) is 6.54 Å². The van der Waals surface area contributed by atoms with Crippen molar-refractivity contribution in [1.82, 2.24) is 10.4 Å². The van der Waals surface area contributed by atoms with Crippen LogP contribution < -0.4 is 15.9 Å². The van der Waals surface area contributed by atoms with Crippen LogP contribution in [0.2, 0.25) is 0 Å². The number of hydrogen-bond donors (Lipinski definition) is 2. The van der Waals surface area contributed by atoms with Crippen molar-refractivity contribution in [2.24, 2.45) is 5.73 Å². The maximum absolute atomic E-state index is 12.7. The summed E-state index contributed by atoms with van der Waals surface area (Å²) in [5.41, 5.74) is 11.1. The standard InChI is InChI=1S/C22H27N3O4/c1-28-22(27)20-11-6-12-25(24-20)21(26)19(23)14-17-9-5-10-18(13-17)29-15-16-7-3-2-4-8-16/h2-5,7-10,13,19-20,24H,6,11-12,14-15,23H2,1H3/t19-,20-/m0/s1. The second-order valence-corrected chi connectivity index (χ2v) is 7.07. The van der Waals surface area contributed by atoms with Crippen LogP contribution in [0.25, 0.3) is 0 Å². The molecule has 1 aliphatic heterocycles. The number of carbonyl (C=O) groups is 2. The fourth-order valence-electron chi connectivity index (χ4n) is 3.30. The highest BCUT2D eigenvalue weighted by molar-refractivity contribution is 5.83. The van der Waals surface area contributed by atoms with Crippen LogP contribution in [-0.2, 0) is 27.4 Å². The number of hydrazine groups is 1. The Morgan fingerprint density at radius 1 is 1.17 bits per heavy atom. The van der Waals surface area contributed by atoms with Gasteiger partial charge in [-0.2, -0.15) is 0 Å². The summed E-state index contributed by atoms with van der Waals surface area (Å²) < 4.78 is 10.6. The van der Waals surface area contributed by atoms with E-state index < -0.39 is 12.1 Å². The number of hydrogen-bond acceptors (Lipinski definition) is 6. The molecule has 0 unspecified atom stereocenters. The molecule has 1 heterocycles. The zero-order chi connectivity index (χ0) is 20.6. The van der Waals surface area contributed by atoms with Gasteiger partial charge in [-0.05, 0) is 42.5 Å². The summed E-state index contributed by atoms with van der Waals surface area (Å²) in [6.45, 7) is 0.988. The van der Waals surface area contributed by atoms with Gasteiger partial charge in [0.15, 0.2) is 0 Å². The van der Waals surface area contributed by atoms with Crippen molar-refractivity contribution in [3.63, 3.8) is 0 Å². The summed E-state index contributed by atoms with van der Waals surface area (Å²) in [6.07, 6.45) is 1.73. The van der Waals surface area contributed by atoms with Crippen molar-refractivity contribution in [2.75, 3.05) is 13.7 Å². The number of nitrogens with one attached hydrogen (secondary N) is 1. The van der Waals surface area contributed by atoms with Gasteiger partial charge in [0.2, 0.25) is 0 Å². The molecule has 3 N–H and O–H groups in total. The minimum absolute atomic E-state index is 0.241. The van der Waals surface area contributed by atoms with E-state index in [1.165, 1.54) is 12.1 Å². The number of benzene rings is 2. The van der Waals surface area contributed by atoms with Gasteiger partial charge in [-0.25, -0.2) is 5.43 Å². The summed E-state index contributed by atoms with van der Waals surface area (Å²) in [4.78, 5) is 24.4. The number of methoxy groups -OCH3 is 1. The number of rotatable bonds is 7. The first-order valence-corrected chi connectivity index (χ1v) is 9.73. The van der Waals surface area contributed by atoms with Crippen molar-refractivity contribution >= 4 is 11.9 Å². The van der Waals surface area contributed by atoms with E-state index >= 15 is 0 Å². The van der Waals surface area contributed by atoms with Crippen molar-refractivity contribution in [1.29, 1.82) is 0 Å². The fourth-order valence-corrected chi connectivity index (χ4v) is 3.30. The molecule has 2 aromatic carbocycles. The van der Waals surface area contributed by atoms with E-state index in [2.05, 4.69) is 5.43 Å². The number of nitrogens with zero attached hydrogens (tertiary/aromatic N) is 1. The van der Waals surface area contributed by atoms with Crippen LogP contribution >= 0.6 is 0 Å². The number of nitrogens with two attached hydrogens (primary N) is 1. The highest BCUT2D eigenvalue weighted by Gasteiger charge is 2.30. The van der Waals surface area contributed by atoms with E-state index in [4.69, 9.17) is 15.2 Å². The lowest BCUT2D eigenvalue weighted by molar-refractivity contribution is -0.149. The number of amides is 1. The fraction of sp³-hybridized carbons (Fsp3) is 0.364. The highest BCUT2D eigenvalue weighted by Crippen LogP contribution is 2.17. The Labute approximate surface area is 170 Å². The van der Waals surface area contributed by atoms with Crippen LogP contribution in [0.4, 0.5) is 0 Å². The average Bonchev–Trinajstić information content (AvgIpc) is 2.77. The van der Waals surface area contributed by atoms with Crippen molar-refractivity contribution in [3.05, 3.63) is 65.7 Å². The topological polar surface area (TPSA) is 93.9 Å². The first-order valence-electron chi connectivity index (χ1n) is 9.73. The van der Waals surface area contributed by atoms with Crippen LogP contribution in [0.15, 0.2) is 54.6 Å². The van der Waals surface area contributed by atoms with Crippen molar-refractivity contribution in [2.45, 2.75) is 38.0 Å². The molecule has 7 nitrogen and oxygen atoms in total. The van der Waals surface area contributed by atoms with E-state index in [0.717, 1.165) is 16.9 Å². The second kappa shape index (κ2) is 10.0. The molecule has 0 saturated carbocycles. The first-order chi connectivity index (χ1) is 14.1. The van der Waals surface area contributed by atoms with Gasteiger partial charge in [0.05, 0.1) is 13.2 Å². The molecule has 2 aromatic rings. The van der Waals surface area contributed by atoms with E-state index in [9.17, 15) is 9.59 Å². The molecule has 0 aromatic heterocycles. The average molecular weight is 397 g/mol. The molecule has 154 valence electrons. The predicted octanol–water partition coefficient (Wildman–Crippen LogP) is 1.80. The Bertz CT molecular complexity index is 828. The molecule has 1 aliphatic rings. The predicted molar refractivity (Wildman–Crippen MR) is 109 cm³/mol. The lowest BCUT2D eigenvalue weighted by Crippen LogP contribution is -2.59. The van der Waals surface area contributed by atoms with Gasteiger partial charge in [0.25, 0.3) is 5.91 Å². The molecule has 0 bridgehead atoms. The SMILES string of the molecule is COC(=O)[C@@H]1CCCN(C(=O)[C@@H](N)Cc2cccc(OCc3ccccc3)c2)N1. The molecule has 7 heteroatoms. The number of ether oxygens (including phenoxy) is 2. The smallest absolute Gasteiger partial charge is 0.324 e. The lowest BCUT2D eigenvalue weighted by Gasteiger charge is -2.33. The summed E-state index contributed by atoms with van der Waals surface area (Å²) in [6, 6.07) is 16.3. The quantitative estimate of drug-likeness (QED) is 0.692. The normalized spacial score (nSPS) is 17.4. The Kier molecular flexibility index (Phi) is 7.21. The monoisotopic (exact) mass is 397 g/mol. The zero-order valence-corrected chi connectivity index (χ0v) is 16.5. The van der Waals surface area contributed by atoms with Gasteiger partial charge < -0.3 is 15.2 Å². The van der Waals surface area contributed by atoms with E-state index in [-0.39, 0.29) is 11.9 Å². The first kappa shape index (κ1) is 20.8. The molecule has 2 atom stereocenters. The second-order valence-electron chi connectivity index (χ2n) is 7.07. The molecule has 1 saturated heterocycles. The largest absolute Gasteiger partial charge is 0.489 e. The maximum Gasteiger partial charge on any atom is 0.324 e. The Balaban J connectivity index is 1.56. The molecule has 1 fully saturated rings. The number of esters is 1. The van der Waals surface area contributed by atoms with E-state index in [0.29, 0.717) is 32.4 Å². The van der Waals surface area contributed by atoms with Crippen LogP contribution in [0.1, 0.15) is 24.0 Å². The summed E-state index contributed by atoms with van der Waals surface area (Å²) in [7, 11) is 1.34. The molecule has 0 aliphatic carbocycles. The molecule has 3 rings (SSSR count). The van der Waals surface area contributed by atoms with Crippen LogP contribution in [-0.4, -0.2) is 42.6 Å². The molecular weight excluding hydrogens is 370 g/mol. The van der Waals surface area contributed by atoms with Gasteiger partial charge in [0.1, 0.15) is 18.4 Å². The number of carbonyl (C=O) groups excluding carboxylic acids is 2.